The average molecular weight is 765 g/mol. The summed E-state index contributed by atoms with van der Waals surface area (Å²) in [6.45, 7) is 4.85. The third-order valence-corrected chi connectivity index (χ3v) is 9.85. The number of hydrogen-bond donors (Lipinski definition) is 2. The maximum absolute atomic E-state index is 13.6. The van der Waals surface area contributed by atoms with E-state index in [2.05, 4.69) is 44.3 Å². The smallest absolute Gasteiger partial charge is 0.411 e. The van der Waals surface area contributed by atoms with E-state index in [4.69, 9.17) is 14.5 Å². The molecule has 0 radical (unpaired) electrons. The molecule has 3 aromatic rings. The van der Waals surface area contributed by atoms with Crippen LogP contribution in [0.1, 0.15) is 76.7 Å². The van der Waals surface area contributed by atoms with Crippen molar-refractivity contribution >= 4 is 29.4 Å². The Kier molecular flexibility index (Phi) is 12.0. The minimum Gasteiger partial charge on any atom is -0.453 e. The first-order chi connectivity index (χ1) is 26.2. The summed E-state index contributed by atoms with van der Waals surface area (Å²) in [5, 5.41) is 2.43. The number of imidazole rings is 1. The van der Waals surface area contributed by atoms with Crippen molar-refractivity contribution in [1.29, 1.82) is 0 Å². The predicted octanol–water partition coefficient (Wildman–Crippen LogP) is 7.69. The number of halogens is 3. The number of carbonyl (C=O) groups excluding carboxylic acids is 3. The molecule has 0 saturated carbocycles. The second-order valence-corrected chi connectivity index (χ2v) is 15.0. The molecule has 1 aromatic heterocycles. The molecule has 3 aliphatic rings. The summed E-state index contributed by atoms with van der Waals surface area (Å²) < 4.78 is 52.6. The fraction of sp³-hybridized carbons (Fsp3) is 0.475. The Balaban J connectivity index is 1.06. The third kappa shape index (κ3) is 9.93. The van der Waals surface area contributed by atoms with E-state index in [1.54, 1.807) is 16.0 Å². The van der Waals surface area contributed by atoms with Gasteiger partial charge >= 0.3 is 18.4 Å². The quantitative estimate of drug-likeness (QED) is 0.191. The van der Waals surface area contributed by atoms with Crippen LogP contribution in [0, 0.1) is 0 Å². The number of ether oxygens (including phenoxy) is 3. The van der Waals surface area contributed by atoms with Crippen LogP contribution in [0.5, 0.6) is 0 Å². The normalized spacial score (nSPS) is 19.3. The van der Waals surface area contributed by atoms with Crippen LogP contribution < -0.4 is 5.32 Å². The van der Waals surface area contributed by atoms with Gasteiger partial charge in [0.15, 0.2) is 0 Å². The van der Waals surface area contributed by atoms with Gasteiger partial charge in [0.25, 0.3) is 0 Å². The van der Waals surface area contributed by atoms with Crippen LogP contribution in [0.15, 0.2) is 65.9 Å². The number of rotatable bonds is 11. The number of alkyl halides is 3. The summed E-state index contributed by atoms with van der Waals surface area (Å²) in [5.41, 5.74) is 6.35. The number of benzene rings is 2. The molecule has 3 amide bonds. The molecule has 12 nitrogen and oxygen atoms in total. The fourth-order valence-electron chi connectivity index (χ4n) is 7.21. The van der Waals surface area contributed by atoms with E-state index >= 15 is 0 Å². The van der Waals surface area contributed by atoms with Crippen LogP contribution in [0.3, 0.4) is 0 Å². The van der Waals surface area contributed by atoms with E-state index in [1.165, 1.54) is 0 Å². The van der Waals surface area contributed by atoms with Gasteiger partial charge in [-0.2, -0.15) is 13.2 Å². The van der Waals surface area contributed by atoms with E-state index < -0.39 is 42.5 Å². The van der Waals surface area contributed by atoms with Crippen molar-refractivity contribution in [3.8, 4) is 22.4 Å². The Morgan fingerprint density at radius 3 is 2.16 bits per heavy atom. The number of alkyl carbamates (subject to hydrolysis) is 1. The first-order valence-electron chi connectivity index (χ1n) is 18.5. The van der Waals surface area contributed by atoms with Gasteiger partial charge in [0.1, 0.15) is 24.1 Å². The van der Waals surface area contributed by atoms with Crippen molar-refractivity contribution in [2.75, 3.05) is 33.4 Å². The van der Waals surface area contributed by atoms with E-state index in [0.29, 0.717) is 38.2 Å². The van der Waals surface area contributed by atoms with Crippen molar-refractivity contribution < 1.29 is 41.8 Å². The van der Waals surface area contributed by atoms with Crippen molar-refractivity contribution in [2.24, 2.45) is 4.99 Å². The highest BCUT2D eigenvalue weighted by Gasteiger charge is 2.38. The predicted molar refractivity (Wildman–Crippen MR) is 200 cm³/mol. The monoisotopic (exact) mass is 764 g/mol. The van der Waals surface area contributed by atoms with Crippen molar-refractivity contribution in [2.45, 2.75) is 89.2 Å². The SMILES string of the molecule is COC(=O)N[C@@H](CCOCC(F)(F)F)C(=O)N1CCC[C@H]1c1ncc(-c2ccc(-c3ccc(C4=CN=C([C@@H]5CCCN5C(=O)OC(C)(C)C)C4)cc3)cc2)[nH]1. The molecule has 55 heavy (non-hydrogen) atoms. The summed E-state index contributed by atoms with van der Waals surface area (Å²) in [7, 11) is 1.14. The number of aromatic nitrogens is 2. The number of allylic oxidation sites excluding steroid dienone is 1. The molecule has 0 spiro atoms. The molecular weight excluding hydrogens is 717 g/mol. The maximum Gasteiger partial charge on any atom is 0.411 e. The number of carbonyl (C=O) groups is 3. The van der Waals surface area contributed by atoms with E-state index in [0.717, 1.165) is 59.2 Å². The summed E-state index contributed by atoms with van der Waals surface area (Å²) in [5.74, 6) is 0.122. The zero-order valence-electron chi connectivity index (χ0n) is 31.4. The number of hydrogen-bond acceptors (Lipinski definition) is 8. The molecule has 15 heteroatoms. The number of aromatic amines is 1. The van der Waals surface area contributed by atoms with Gasteiger partial charge in [-0.15, -0.1) is 0 Å². The van der Waals surface area contributed by atoms with Crippen LogP contribution in [0.25, 0.3) is 28.0 Å². The summed E-state index contributed by atoms with van der Waals surface area (Å²) in [4.78, 5) is 54.4. The minimum absolute atomic E-state index is 0.0534. The number of nitrogens with zero attached hydrogens (tertiary/aromatic N) is 4. The van der Waals surface area contributed by atoms with Gasteiger partial charge in [0.05, 0.1) is 31.1 Å². The standard InChI is InChI=1S/C40H47F3N6O6/c1-39(2,3)55-38(52)49-19-5-7-33(49)31-21-29(22-44-31)27-11-9-25(10-12-27)26-13-15-28(16-14-26)32-23-45-35(46-32)34-8-6-18-48(34)36(50)30(47-37(51)53-4)17-20-54-24-40(41,42)43/h9-16,22-23,30,33-34H,5-8,17-21,24H2,1-4H3,(H,45,46)(H,47,51)/t30-,33-,34-/m0/s1. The van der Waals surface area contributed by atoms with E-state index in [-0.39, 0.29) is 25.2 Å². The molecule has 0 unspecified atom stereocenters. The Morgan fingerprint density at radius 2 is 1.53 bits per heavy atom. The topological polar surface area (TPSA) is 138 Å². The Bertz CT molecular complexity index is 1900. The van der Waals surface area contributed by atoms with Gasteiger partial charge in [0.2, 0.25) is 5.91 Å². The molecule has 2 saturated heterocycles. The second kappa shape index (κ2) is 16.7. The molecular formula is C40H47F3N6O6. The van der Waals surface area contributed by atoms with Crippen LogP contribution >= 0.6 is 0 Å². The lowest BCUT2D eigenvalue weighted by atomic mass is 9.96. The number of likely N-dealkylation sites (tertiary alicyclic amines) is 2. The Morgan fingerprint density at radius 1 is 0.909 bits per heavy atom. The molecule has 2 aromatic carbocycles. The van der Waals surface area contributed by atoms with Crippen LogP contribution in [-0.4, -0.2) is 101 Å². The van der Waals surface area contributed by atoms with Gasteiger partial charge in [-0.25, -0.2) is 14.6 Å². The average Bonchev–Trinajstić information content (AvgIpc) is 3.98. The van der Waals surface area contributed by atoms with Gasteiger partial charge in [-0.05, 0) is 74.3 Å². The summed E-state index contributed by atoms with van der Waals surface area (Å²) in [6.07, 6.45) is 1.58. The fourth-order valence-corrected chi connectivity index (χ4v) is 7.21. The Labute approximate surface area is 318 Å². The van der Waals surface area contributed by atoms with Crippen LogP contribution in [0.4, 0.5) is 22.8 Å². The zero-order valence-corrected chi connectivity index (χ0v) is 31.4. The molecule has 0 bridgehead atoms. The maximum atomic E-state index is 13.6. The zero-order chi connectivity index (χ0) is 39.3. The van der Waals surface area contributed by atoms with E-state index in [1.807, 2.05) is 51.2 Å². The summed E-state index contributed by atoms with van der Waals surface area (Å²) >= 11 is 0. The molecule has 2 fully saturated rings. The highest BCUT2D eigenvalue weighted by Crippen LogP contribution is 2.34. The largest absolute Gasteiger partial charge is 0.453 e. The molecule has 3 aliphatic heterocycles. The molecule has 2 N–H and O–H groups in total. The Hall–Kier alpha value is -5.18. The molecule has 4 heterocycles. The molecule has 0 aliphatic carbocycles. The van der Waals surface area contributed by atoms with Crippen LogP contribution in [-0.2, 0) is 19.0 Å². The van der Waals surface area contributed by atoms with Gasteiger partial charge in [-0.1, -0.05) is 48.5 Å². The van der Waals surface area contributed by atoms with Crippen molar-refractivity contribution in [3.05, 3.63) is 72.3 Å². The molecule has 294 valence electrons. The number of methoxy groups -OCH3 is 1. The highest BCUT2D eigenvalue weighted by atomic mass is 19.4. The van der Waals surface area contributed by atoms with Gasteiger partial charge in [-0.3, -0.25) is 14.7 Å². The van der Waals surface area contributed by atoms with Gasteiger partial charge < -0.3 is 29.4 Å². The number of aliphatic imine (C=N–C) groups is 1. The lowest BCUT2D eigenvalue weighted by Gasteiger charge is -2.28. The van der Waals surface area contributed by atoms with Crippen molar-refractivity contribution in [3.63, 3.8) is 0 Å². The third-order valence-electron chi connectivity index (χ3n) is 9.85. The van der Waals surface area contributed by atoms with E-state index in [9.17, 15) is 27.6 Å². The number of H-pyrrole nitrogens is 1. The second-order valence-electron chi connectivity index (χ2n) is 15.0. The van der Waals surface area contributed by atoms with Gasteiger partial charge in [0, 0.05) is 44.4 Å². The van der Waals surface area contributed by atoms with Crippen molar-refractivity contribution in [1.82, 2.24) is 25.1 Å². The number of nitrogens with one attached hydrogen (secondary N) is 2. The minimum atomic E-state index is -4.50. The first kappa shape index (κ1) is 39.5. The molecule has 6 rings (SSSR count). The van der Waals surface area contributed by atoms with Crippen LogP contribution in [0.2, 0.25) is 0 Å². The number of amides is 3. The lowest BCUT2D eigenvalue weighted by molar-refractivity contribution is -0.174. The highest BCUT2D eigenvalue weighted by molar-refractivity contribution is 6.03. The molecule has 3 atom stereocenters. The lowest BCUT2D eigenvalue weighted by Crippen LogP contribution is -2.49. The first-order valence-corrected chi connectivity index (χ1v) is 18.5. The summed E-state index contributed by atoms with van der Waals surface area (Å²) in [6, 6.07) is 14.8.